The van der Waals surface area contributed by atoms with Crippen LogP contribution >= 0.6 is 11.6 Å². The van der Waals surface area contributed by atoms with Crippen LogP contribution in [0.25, 0.3) is 0 Å². The number of aromatic nitrogens is 1. The molecule has 2 aliphatic rings. The van der Waals surface area contributed by atoms with Crippen molar-refractivity contribution in [2.24, 2.45) is 5.14 Å². The fourth-order valence-corrected chi connectivity index (χ4v) is 4.89. The van der Waals surface area contributed by atoms with Crippen LogP contribution in [0.1, 0.15) is 40.9 Å². The first-order valence-electron chi connectivity index (χ1n) is 9.68. The Kier molecular flexibility index (Phi) is 5.22. The topological polar surface area (TPSA) is 96.6 Å². The first-order chi connectivity index (χ1) is 14.4. The predicted octanol–water partition coefficient (Wildman–Crippen LogP) is 3.61. The van der Waals surface area contributed by atoms with Gasteiger partial charge in [0, 0.05) is 25.1 Å². The van der Waals surface area contributed by atoms with Gasteiger partial charge >= 0.3 is 0 Å². The Morgan fingerprint density at radius 2 is 1.97 bits per heavy atom. The van der Waals surface area contributed by atoms with Crippen LogP contribution < -0.4 is 14.9 Å². The number of primary sulfonamides is 1. The van der Waals surface area contributed by atoms with Crippen LogP contribution in [-0.2, 0) is 10.0 Å². The molecule has 2 aromatic rings. The minimum atomic E-state index is -4.02. The summed E-state index contributed by atoms with van der Waals surface area (Å²) in [5.74, 6) is -3.03. The largest absolute Gasteiger partial charge is 0.335 e. The van der Waals surface area contributed by atoms with E-state index in [0.717, 1.165) is 0 Å². The Balaban J connectivity index is 1.94. The number of nitrogens with two attached hydrogens (primary N) is 1. The number of fused-ring (bicyclic) bond motifs is 3. The summed E-state index contributed by atoms with van der Waals surface area (Å²) in [7, 11) is -4.02. The van der Waals surface area contributed by atoms with Crippen molar-refractivity contribution in [1.82, 2.24) is 4.98 Å². The zero-order chi connectivity index (χ0) is 22.7. The van der Waals surface area contributed by atoms with E-state index < -0.39 is 34.4 Å². The molecular formula is C20H21ClF2N4O3S. The van der Waals surface area contributed by atoms with Crippen molar-refractivity contribution >= 4 is 39.0 Å². The zero-order valence-electron chi connectivity index (χ0n) is 16.9. The number of anilines is 2. The lowest BCUT2D eigenvalue weighted by atomic mass is 10.0. The highest BCUT2D eigenvalue weighted by Gasteiger charge is 2.45. The molecule has 2 N–H and O–H groups in total. The number of alkyl halides is 2. The van der Waals surface area contributed by atoms with Gasteiger partial charge in [0.1, 0.15) is 12.0 Å². The van der Waals surface area contributed by atoms with Gasteiger partial charge < -0.3 is 4.90 Å². The molecule has 1 saturated heterocycles. The van der Waals surface area contributed by atoms with Crippen molar-refractivity contribution in [2.45, 2.75) is 50.1 Å². The Hall–Kier alpha value is -2.30. The molecule has 1 amide bonds. The van der Waals surface area contributed by atoms with Crippen LogP contribution in [0.15, 0.2) is 29.2 Å². The highest BCUT2D eigenvalue weighted by molar-refractivity contribution is 7.89. The van der Waals surface area contributed by atoms with Gasteiger partial charge in [0.05, 0.1) is 21.2 Å². The summed E-state index contributed by atoms with van der Waals surface area (Å²) in [4.78, 5) is 21.0. The van der Waals surface area contributed by atoms with Crippen molar-refractivity contribution in [2.75, 3.05) is 16.3 Å². The average Bonchev–Trinajstić information content (AvgIpc) is 2.84. The summed E-state index contributed by atoms with van der Waals surface area (Å²) >= 11 is 6.34. The molecule has 1 aromatic carbocycles. The number of nitrogens with zero attached hydrogens (tertiary/aromatic N) is 3. The Bertz CT molecular complexity index is 1190. The standard InChI is InChI=1S/C20H21ClF2N4O3S/c1-11-16-18(25-12(2)17(11)21)26-9-8-20(22,23)7-6-15(26)27(19(16)28)13-4-3-5-14(10-13)31(24,29)30/h3-5,10,15H,6-9H2,1-2H3,(H2,24,29,30). The number of carbonyl (C=O) groups is 1. The van der Waals surface area contributed by atoms with Gasteiger partial charge in [-0.15, -0.1) is 0 Å². The number of halogens is 3. The monoisotopic (exact) mass is 470 g/mol. The summed E-state index contributed by atoms with van der Waals surface area (Å²) in [6, 6.07) is 5.60. The lowest BCUT2D eigenvalue weighted by molar-refractivity contribution is -0.0110. The highest BCUT2D eigenvalue weighted by Crippen LogP contribution is 2.42. The van der Waals surface area contributed by atoms with Gasteiger partial charge in [0.15, 0.2) is 0 Å². The summed E-state index contributed by atoms with van der Waals surface area (Å²) in [6.45, 7) is 3.36. The second kappa shape index (κ2) is 7.39. The number of sulfonamides is 1. The molecule has 1 atom stereocenters. The second-order valence-electron chi connectivity index (χ2n) is 7.87. The number of amides is 1. The van der Waals surface area contributed by atoms with Crippen LogP contribution in [0.4, 0.5) is 20.3 Å². The number of carbonyl (C=O) groups excluding carboxylic acids is 1. The lowest BCUT2D eigenvalue weighted by Crippen LogP contribution is -2.56. The predicted molar refractivity (Wildman–Crippen MR) is 113 cm³/mol. The van der Waals surface area contributed by atoms with Crippen LogP contribution in [0.5, 0.6) is 0 Å². The minimum absolute atomic E-state index is 0.0137. The average molecular weight is 471 g/mol. The molecule has 4 rings (SSSR count). The van der Waals surface area contributed by atoms with Gasteiger partial charge in [-0.05, 0) is 44.0 Å². The minimum Gasteiger partial charge on any atom is -0.335 e. The molecule has 2 aliphatic heterocycles. The van der Waals surface area contributed by atoms with Gasteiger partial charge in [-0.2, -0.15) is 0 Å². The normalized spacial score (nSPS) is 20.8. The molecule has 0 spiro atoms. The maximum Gasteiger partial charge on any atom is 0.264 e. The van der Waals surface area contributed by atoms with Crippen molar-refractivity contribution in [1.29, 1.82) is 0 Å². The van der Waals surface area contributed by atoms with Gasteiger partial charge in [-0.25, -0.2) is 27.3 Å². The molecule has 7 nitrogen and oxygen atoms in total. The molecule has 1 aromatic heterocycles. The number of aryl methyl sites for hydroxylation is 1. The Labute approximate surface area is 183 Å². The first-order valence-corrected chi connectivity index (χ1v) is 11.6. The van der Waals surface area contributed by atoms with E-state index in [9.17, 15) is 22.0 Å². The Morgan fingerprint density at radius 1 is 1.26 bits per heavy atom. The molecule has 11 heteroatoms. The summed E-state index contributed by atoms with van der Waals surface area (Å²) < 4.78 is 52.3. The maximum atomic E-state index is 14.3. The molecule has 166 valence electrons. The van der Waals surface area contributed by atoms with Gasteiger partial charge in [0.2, 0.25) is 15.9 Å². The van der Waals surface area contributed by atoms with Crippen LogP contribution in [-0.4, -0.2) is 37.9 Å². The third-order valence-electron chi connectivity index (χ3n) is 5.79. The van der Waals surface area contributed by atoms with Gasteiger partial charge in [0.25, 0.3) is 5.91 Å². The lowest BCUT2D eigenvalue weighted by Gasteiger charge is -2.44. The quantitative estimate of drug-likeness (QED) is 0.723. The van der Waals surface area contributed by atoms with Crippen molar-refractivity contribution in [3.8, 4) is 0 Å². The third-order valence-corrected chi connectivity index (χ3v) is 7.26. The maximum absolute atomic E-state index is 14.3. The number of hydrogen-bond acceptors (Lipinski definition) is 5. The second-order valence-corrected chi connectivity index (χ2v) is 9.81. The summed E-state index contributed by atoms with van der Waals surface area (Å²) in [5.41, 5.74) is 1.47. The van der Waals surface area contributed by atoms with E-state index in [1.54, 1.807) is 24.8 Å². The fourth-order valence-electron chi connectivity index (χ4n) is 4.20. The fraction of sp³-hybridized carbons (Fsp3) is 0.400. The smallest absolute Gasteiger partial charge is 0.264 e. The molecule has 31 heavy (non-hydrogen) atoms. The van der Waals surface area contributed by atoms with Crippen LogP contribution in [0.3, 0.4) is 0 Å². The first kappa shape index (κ1) is 21.9. The van der Waals surface area contributed by atoms with E-state index in [4.69, 9.17) is 16.7 Å². The molecule has 3 heterocycles. The molecule has 0 bridgehead atoms. The Morgan fingerprint density at radius 3 is 2.65 bits per heavy atom. The molecule has 0 radical (unpaired) electrons. The molecule has 1 unspecified atom stereocenters. The van der Waals surface area contributed by atoms with E-state index in [-0.39, 0.29) is 35.5 Å². The molecule has 0 aliphatic carbocycles. The van der Waals surface area contributed by atoms with E-state index in [0.29, 0.717) is 22.1 Å². The van der Waals surface area contributed by atoms with E-state index in [1.807, 2.05) is 0 Å². The molecule has 0 saturated carbocycles. The van der Waals surface area contributed by atoms with E-state index >= 15 is 0 Å². The third kappa shape index (κ3) is 3.77. The van der Waals surface area contributed by atoms with Gasteiger partial charge in [-0.1, -0.05) is 17.7 Å². The van der Waals surface area contributed by atoms with Crippen LogP contribution in [0, 0.1) is 13.8 Å². The van der Waals surface area contributed by atoms with E-state index in [2.05, 4.69) is 4.98 Å². The summed E-state index contributed by atoms with van der Waals surface area (Å²) in [5, 5.41) is 5.57. The van der Waals surface area contributed by atoms with Crippen molar-refractivity contribution in [3.05, 3.63) is 46.1 Å². The van der Waals surface area contributed by atoms with Crippen molar-refractivity contribution < 1.29 is 22.0 Å². The van der Waals surface area contributed by atoms with Crippen LogP contribution in [0.2, 0.25) is 5.02 Å². The number of rotatable bonds is 2. The number of hydrogen-bond donors (Lipinski definition) is 1. The molecular weight excluding hydrogens is 450 g/mol. The van der Waals surface area contributed by atoms with E-state index in [1.165, 1.54) is 23.1 Å². The highest BCUT2D eigenvalue weighted by atomic mass is 35.5. The summed E-state index contributed by atoms with van der Waals surface area (Å²) in [6.07, 6.45) is -1.56. The van der Waals surface area contributed by atoms with Crippen molar-refractivity contribution in [3.63, 3.8) is 0 Å². The molecule has 1 fully saturated rings. The SMILES string of the molecule is Cc1nc2c(c(C)c1Cl)C(=O)N(c1cccc(S(N)(=O)=O)c1)C1CCC(F)(F)CCN21. The number of pyridine rings is 1. The van der Waals surface area contributed by atoms with Gasteiger partial charge in [-0.3, -0.25) is 9.69 Å². The zero-order valence-corrected chi connectivity index (χ0v) is 18.5. The number of benzene rings is 1.